The van der Waals surface area contributed by atoms with Gasteiger partial charge in [0.05, 0.1) is 28.7 Å². The van der Waals surface area contributed by atoms with Crippen LogP contribution in [0.25, 0.3) is 5.65 Å². The second kappa shape index (κ2) is 10.9. The first-order chi connectivity index (χ1) is 17.7. The molecule has 1 aliphatic heterocycles. The molecule has 1 unspecified atom stereocenters. The van der Waals surface area contributed by atoms with Crippen LogP contribution in [-0.4, -0.2) is 73.3 Å². The number of sulfonamides is 1. The fraction of sp³-hybridized carbons (Fsp3) is 0.480. The molecule has 0 saturated heterocycles. The number of hydrogen-bond donors (Lipinski definition) is 3. The molecule has 3 heterocycles. The number of benzene rings is 1. The lowest BCUT2D eigenvalue weighted by molar-refractivity contribution is 0.0723. The van der Waals surface area contributed by atoms with Gasteiger partial charge in [-0.3, -0.25) is 9.52 Å². The van der Waals surface area contributed by atoms with Crippen molar-refractivity contribution in [3.05, 3.63) is 47.2 Å². The third-order valence-corrected chi connectivity index (χ3v) is 8.04. The molecule has 3 aromatic rings. The first-order valence-electron chi connectivity index (χ1n) is 12.6. The summed E-state index contributed by atoms with van der Waals surface area (Å²) in [5.41, 5.74) is 8.58. The van der Waals surface area contributed by atoms with Gasteiger partial charge in [-0.1, -0.05) is 19.9 Å². The topological polar surface area (TPSA) is 138 Å². The van der Waals surface area contributed by atoms with E-state index in [-0.39, 0.29) is 17.7 Å². The van der Waals surface area contributed by atoms with Crippen molar-refractivity contribution in [3.63, 3.8) is 0 Å². The van der Waals surface area contributed by atoms with Gasteiger partial charge in [-0.05, 0) is 37.0 Å². The van der Waals surface area contributed by atoms with Crippen LogP contribution in [0, 0.1) is 0 Å². The Morgan fingerprint density at radius 1 is 1.19 bits per heavy atom. The highest BCUT2D eigenvalue weighted by atomic mass is 32.2. The van der Waals surface area contributed by atoms with Crippen LogP contribution in [0.3, 0.4) is 0 Å². The molecule has 0 radical (unpaired) electrons. The van der Waals surface area contributed by atoms with Gasteiger partial charge in [-0.25, -0.2) is 13.4 Å². The summed E-state index contributed by atoms with van der Waals surface area (Å²) in [4.78, 5) is 22.1. The summed E-state index contributed by atoms with van der Waals surface area (Å²) < 4.78 is 30.4. The molecule has 0 saturated carbocycles. The monoisotopic (exact) mass is 528 g/mol. The Balaban J connectivity index is 1.87. The molecule has 11 nitrogen and oxygen atoms in total. The van der Waals surface area contributed by atoms with Gasteiger partial charge < -0.3 is 20.9 Å². The lowest BCUT2D eigenvalue weighted by Gasteiger charge is -2.27. The number of aryl methyl sites for hydroxylation is 1. The average Bonchev–Trinajstić information content (AvgIpc) is 3.29. The van der Waals surface area contributed by atoms with E-state index in [1.165, 1.54) is 0 Å². The highest BCUT2D eigenvalue weighted by Gasteiger charge is 2.28. The van der Waals surface area contributed by atoms with E-state index in [0.717, 1.165) is 17.8 Å². The van der Waals surface area contributed by atoms with Crippen LogP contribution in [0.1, 0.15) is 54.3 Å². The molecule has 1 amide bonds. The van der Waals surface area contributed by atoms with E-state index in [1.54, 1.807) is 28.6 Å². The molecule has 1 atom stereocenters. The van der Waals surface area contributed by atoms with Gasteiger partial charge in [0.1, 0.15) is 11.6 Å². The lowest BCUT2D eigenvalue weighted by Crippen LogP contribution is -2.32. The van der Waals surface area contributed by atoms with Gasteiger partial charge in [0.2, 0.25) is 10.0 Å². The Morgan fingerprint density at radius 3 is 2.68 bits per heavy atom. The van der Waals surface area contributed by atoms with Crippen LogP contribution in [0.4, 0.5) is 17.3 Å². The second-order valence-corrected chi connectivity index (χ2v) is 11.2. The highest BCUT2D eigenvalue weighted by molar-refractivity contribution is 7.92. The molecular weight excluding hydrogens is 492 g/mol. The standard InChI is InChI=1S/C25H36N8O3S/c1-5-17-8-9-19-18(14-17)25(34)32(4)21(6-2)20-15-23-28-22(27-11-10-26)16-24(33(23)29-20)31(3)12-7-13-37(35,36)30-19/h8-9,14-16,21,30H,5-7,10-13,26H2,1-4H3,(H,27,28). The van der Waals surface area contributed by atoms with Crippen molar-refractivity contribution in [2.45, 2.75) is 39.2 Å². The van der Waals surface area contributed by atoms with Crippen LogP contribution < -0.4 is 20.7 Å². The van der Waals surface area contributed by atoms with E-state index in [2.05, 4.69) is 10.0 Å². The second-order valence-electron chi connectivity index (χ2n) is 9.32. The smallest absolute Gasteiger partial charge is 0.256 e. The van der Waals surface area contributed by atoms with Gasteiger partial charge in [0.25, 0.3) is 5.91 Å². The Kier molecular flexibility index (Phi) is 7.88. The zero-order valence-electron chi connectivity index (χ0n) is 21.9. The van der Waals surface area contributed by atoms with E-state index in [9.17, 15) is 13.2 Å². The molecule has 1 aliphatic rings. The third kappa shape index (κ3) is 5.64. The summed E-state index contributed by atoms with van der Waals surface area (Å²) in [6, 6.07) is 8.74. The third-order valence-electron chi connectivity index (χ3n) is 6.68. The minimum atomic E-state index is -3.68. The SMILES string of the molecule is CCc1ccc2c(c1)C(=O)N(C)C(CC)c1cc3nc(NCCN)cc(n3n1)N(C)CCCS(=O)(=O)N2. The predicted molar refractivity (Wildman–Crippen MR) is 147 cm³/mol. The molecule has 4 N–H and O–H groups in total. The van der Waals surface area contributed by atoms with Crippen molar-refractivity contribution in [1.82, 2.24) is 19.5 Å². The Bertz CT molecular complexity index is 1390. The number of anilines is 3. The quantitative estimate of drug-likeness (QED) is 0.459. The largest absolute Gasteiger partial charge is 0.369 e. The summed E-state index contributed by atoms with van der Waals surface area (Å²) in [5, 5.41) is 8.09. The highest BCUT2D eigenvalue weighted by Crippen LogP contribution is 2.30. The molecule has 200 valence electrons. The van der Waals surface area contributed by atoms with Crippen LogP contribution in [0.2, 0.25) is 0 Å². The summed E-state index contributed by atoms with van der Waals surface area (Å²) >= 11 is 0. The van der Waals surface area contributed by atoms with Gasteiger partial charge in [0, 0.05) is 45.9 Å². The van der Waals surface area contributed by atoms with Crippen molar-refractivity contribution < 1.29 is 13.2 Å². The van der Waals surface area contributed by atoms with Gasteiger partial charge in [-0.2, -0.15) is 9.61 Å². The Morgan fingerprint density at radius 2 is 1.97 bits per heavy atom. The number of carbonyl (C=O) groups excluding carboxylic acids is 1. The molecule has 12 heteroatoms. The fourth-order valence-electron chi connectivity index (χ4n) is 4.62. The number of amides is 1. The zero-order valence-corrected chi connectivity index (χ0v) is 22.7. The predicted octanol–water partition coefficient (Wildman–Crippen LogP) is 2.47. The van der Waals surface area contributed by atoms with Crippen LogP contribution >= 0.6 is 0 Å². The first kappa shape index (κ1) is 26.7. The van der Waals surface area contributed by atoms with E-state index < -0.39 is 10.0 Å². The number of nitrogens with one attached hydrogen (secondary N) is 2. The molecule has 0 aliphatic carbocycles. The minimum Gasteiger partial charge on any atom is -0.369 e. The Labute approximate surface area is 218 Å². The maximum atomic E-state index is 13.8. The van der Waals surface area contributed by atoms with Crippen LogP contribution in [0.15, 0.2) is 30.3 Å². The average molecular weight is 529 g/mol. The first-order valence-corrected chi connectivity index (χ1v) is 14.3. The number of fused-ring (bicyclic) bond motifs is 2. The molecule has 4 rings (SSSR count). The maximum absolute atomic E-state index is 13.8. The molecule has 1 aromatic carbocycles. The molecule has 2 bridgehead atoms. The zero-order chi connectivity index (χ0) is 26.7. The van der Waals surface area contributed by atoms with E-state index in [0.29, 0.717) is 60.9 Å². The summed E-state index contributed by atoms with van der Waals surface area (Å²) in [5.74, 6) is 1.04. The summed E-state index contributed by atoms with van der Waals surface area (Å²) in [6.07, 6.45) is 1.72. The van der Waals surface area contributed by atoms with Crippen LogP contribution in [0.5, 0.6) is 0 Å². The van der Waals surface area contributed by atoms with E-state index >= 15 is 0 Å². The van der Waals surface area contributed by atoms with Gasteiger partial charge in [0.15, 0.2) is 5.65 Å². The molecule has 37 heavy (non-hydrogen) atoms. The Hall–Kier alpha value is -3.38. The normalized spacial score (nSPS) is 18.3. The molecule has 0 fully saturated rings. The number of aromatic nitrogens is 3. The molecular formula is C25H36N8O3S. The van der Waals surface area contributed by atoms with Crippen molar-refractivity contribution in [2.24, 2.45) is 5.73 Å². The van der Waals surface area contributed by atoms with Crippen LogP contribution in [-0.2, 0) is 16.4 Å². The maximum Gasteiger partial charge on any atom is 0.256 e. The summed E-state index contributed by atoms with van der Waals surface area (Å²) in [7, 11) is -0.0566. The number of hydrogen-bond acceptors (Lipinski definition) is 8. The number of rotatable bonds is 5. The molecule has 2 aromatic heterocycles. The van der Waals surface area contributed by atoms with Gasteiger partial charge >= 0.3 is 0 Å². The van der Waals surface area contributed by atoms with Crippen molar-refractivity contribution in [2.75, 3.05) is 54.4 Å². The van der Waals surface area contributed by atoms with E-state index in [4.69, 9.17) is 15.8 Å². The minimum absolute atomic E-state index is 0.0925. The van der Waals surface area contributed by atoms with Crippen molar-refractivity contribution in [1.29, 1.82) is 0 Å². The fourth-order valence-corrected chi connectivity index (χ4v) is 5.74. The van der Waals surface area contributed by atoms with Crippen molar-refractivity contribution >= 4 is 38.9 Å². The lowest BCUT2D eigenvalue weighted by atomic mass is 10.0. The number of nitrogens with two attached hydrogens (primary N) is 1. The molecule has 0 spiro atoms. The summed E-state index contributed by atoms with van der Waals surface area (Å²) in [6.45, 7) is 5.48. The number of nitrogens with zero attached hydrogens (tertiary/aromatic N) is 5. The van der Waals surface area contributed by atoms with Gasteiger partial charge in [-0.15, -0.1) is 0 Å². The van der Waals surface area contributed by atoms with Crippen molar-refractivity contribution in [3.8, 4) is 0 Å². The van der Waals surface area contributed by atoms with E-state index in [1.807, 2.05) is 44.0 Å². The number of carbonyl (C=O) groups is 1.